The molecule has 0 saturated heterocycles. The van der Waals surface area contributed by atoms with Crippen LogP contribution in [0.4, 0.5) is 0 Å². The van der Waals surface area contributed by atoms with Gasteiger partial charge in [0.05, 0.1) is 23.3 Å². The summed E-state index contributed by atoms with van der Waals surface area (Å²) in [6.07, 6.45) is 3.91. The number of benzene rings is 1. The van der Waals surface area contributed by atoms with Crippen LogP contribution in [0.1, 0.15) is 37.3 Å². The van der Waals surface area contributed by atoms with Gasteiger partial charge in [-0.15, -0.1) is 0 Å². The molecular weight excluding hydrogens is 298 g/mol. The first-order valence-corrected chi connectivity index (χ1v) is 7.70. The number of halogens is 1. The Kier molecular flexibility index (Phi) is 3.93. The predicted octanol–water partition coefficient (Wildman–Crippen LogP) is 3.37. The molecule has 22 heavy (non-hydrogen) atoms. The van der Waals surface area contributed by atoms with Crippen molar-refractivity contribution in [3.05, 3.63) is 47.0 Å². The van der Waals surface area contributed by atoms with Crippen LogP contribution >= 0.6 is 11.6 Å². The second-order valence-electron chi connectivity index (χ2n) is 5.72. The summed E-state index contributed by atoms with van der Waals surface area (Å²) in [6.45, 7) is 4.25. The number of imidazole rings is 1. The lowest BCUT2D eigenvalue weighted by Crippen LogP contribution is -2.24. The molecule has 0 spiro atoms. The zero-order valence-corrected chi connectivity index (χ0v) is 14.0. The van der Waals surface area contributed by atoms with E-state index >= 15 is 0 Å². The molecule has 0 saturated carbocycles. The highest BCUT2D eigenvalue weighted by Gasteiger charge is 2.17. The maximum atomic E-state index is 6.05. The highest BCUT2D eigenvalue weighted by atomic mass is 35.5. The number of hydrogen-bond acceptors (Lipinski definition) is 3. The molecule has 0 unspecified atom stereocenters. The molecule has 0 amide bonds. The molecule has 6 heteroatoms. The Balaban J connectivity index is 1.85. The van der Waals surface area contributed by atoms with Crippen molar-refractivity contribution < 1.29 is 0 Å². The molecule has 2 heterocycles. The first kappa shape index (κ1) is 15.1. The second-order valence-corrected chi connectivity index (χ2v) is 6.16. The predicted molar refractivity (Wildman–Crippen MR) is 88.9 cm³/mol. The van der Waals surface area contributed by atoms with Crippen molar-refractivity contribution in [2.24, 2.45) is 14.1 Å². The molecule has 0 fully saturated rings. The summed E-state index contributed by atoms with van der Waals surface area (Å²) in [5, 5.41) is 8.50. The summed E-state index contributed by atoms with van der Waals surface area (Å²) in [5.41, 5.74) is 3.17. The lowest BCUT2D eigenvalue weighted by atomic mass is 10.1. The molecule has 2 aromatic heterocycles. The van der Waals surface area contributed by atoms with E-state index in [4.69, 9.17) is 16.6 Å². The van der Waals surface area contributed by atoms with E-state index in [0.29, 0.717) is 5.02 Å². The van der Waals surface area contributed by atoms with E-state index < -0.39 is 0 Å². The fraction of sp³-hybridized carbons (Fsp3) is 0.375. The Morgan fingerprint density at radius 2 is 1.95 bits per heavy atom. The summed E-state index contributed by atoms with van der Waals surface area (Å²) in [6, 6.07) is 6.12. The molecule has 0 aliphatic heterocycles. The van der Waals surface area contributed by atoms with E-state index in [1.807, 2.05) is 49.4 Å². The van der Waals surface area contributed by atoms with Crippen LogP contribution in [-0.2, 0) is 14.1 Å². The third kappa shape index (κ3) is 2.74. The average Bonchev–Trinajstić information content (AvgIpc) is 3.03. The number of aromatic nitrogens is 4. The average molecular weight is 318 g/mol. The number of nitrogens with one attached hydrogen (secondary N) is 1. The normalized spacial score (nSPS) is 14.4. The van der Waals surface area contributed by atoms with Crippen LogP contribution in [0.15, 0.2) is 30.6 Å². The van der Waals surface area contributed by atoms with Gasteiger partial charge in [0.1, 0.15) is 5.82 Å². The van der Waals surface area contributed by atoms with E-state index in [1.165, 1.54) is 0 Å². The van der Waals surface area contributed by atoms with Crippen molar-refractivity contribution >= 4 is 22.6 Å². The van der Waals surface area contributed by atoms with Crippen LogP contribution < -0.4 is 5.32 Å². The van der Waals surface area contributed by atoms with Crippen molar-refractivity contribution in [2.45, 2.75) is 25.9 Å². The van der Waals surface area contributed by atoms with Gasteiger partial charge in [-0.3, -0.25) is 4.68 Å². The van der Waals surface area contributed by atoms with Crippen molar-refractivity contribution in [3.8, 4) is 0 Å². The van der Waals surface area contributed by atoms with E-state index in [0.717, 1.165) is 22.4 Å². The Labute approximate surface area is 134 Å². The lowest BCUT2D eigenvalue weighted by molar-refractivity contribution is 0.468. The van der Waals surface area contributed by atoms with Crippen LogP contribution in [0.3, 0.4) is 0 Å². The van der Waals surface area contributed by atoms with E-state index in [1.54, 1.807) is 0 Å². The van der Waals surface area contributed by atoms with E-state index in [2.05, 4.69) is 28.8 Å². The first-order chi connectivity index (χ1) is 10.5. The van der Waals surface area contributed by atoms with Crippen LogP contribution in [-0.4, -0.2) is 19.3 Å². The van der Waals surface area contributed by atoms with Gasteiger partial charge in [0.15, 0.2) is 0 Å². The standard InChI is InChI=1S/C16H20ClN5/c1-10(12-8-18-21(3)9-12)19-11(2)16-20-14-7-13(17)5-6-15(14)22(16)4/h5-11,19H,1-4H3/t10-,11-/m1/s1. The Bertz CT molecular complexity index is 804. The van der Waals surface area contributed by atoms with Crippen molar-refractivity contribution in [1.29, 1.82) is 0 Å². The monoisotopic (exact) mass is 317 g/mol. The molecule has 3 aromatic rings. The Hall–Kier alpha value is -1.85. The van der Waals surface area contributed by atoms with Crippen molar-refractivity contribution in [3.63, 3.8) is 0 Å². The fourth-order valence-electron chi connectivity index (χ4n) is 2.79. The van der Waals surface area contributed by atoms with Crippen molar-refractivity contribution in [1.82, 2.24) is 24.6 Å². The quantitative estimate of drug-likeness (QED) is 0.802. The minimum atomic E-state index is 0.117. The zero-order valence-electron chi connectivity index (χ0n) is 13.2. The van der Waals surface area contributed by atoms with Crippen LogP contribution in [0.5, 0.6) is 0 Å². The molecule has 5 nitrogen and oxygen atoms in total. The topological polar surface area (TPSA) is 47.7 Å². The molecule has 2 atom stereocenters. The van der Waals surface area contributed by atoms with Gasteiger partial charge in [0.2, 0.25) is 0 Å². The zero-order chi connectivity index (χ0) is 15.9. The molecule has 0 aliphatic carbocycles. The third-order valence-electron chi connectivity index (χ3n) is 3.99. The molecule has 0 bridgehead atoms. The summed E-state index contributed by atoms with van der Waals surface area (Å²) in [7, 11) is 3.96. The van der Waals surface area contributed by atoms with Gasteiger partial charge in [0.25, 0.3) is 0 Å². The number of nitrogens with zero attached hydrogens (tertiary/aromatic N) is 4. The summed E-state index contributed by atoms with van der Waals surface area (Å²) in [5.74, 6) is 0.994. The smallest absolute Gasteiger partial charge is 0.126 e. The van der Waals surface area contributed by atoms with E-state index in [-0.39, 0.29) is 12.1 Å². The van der Waals surface area contributed by atoms with Gasteiger partial charge in [-0.05, 0) is 32.0 Å². The van der Waals surface area contributed by atoms with Crippen LogP contribution in [0.2, 0.25) is 5.02 Å². The molecular formula is C16H20ClN5. The fourth-order valence-corrected chi connectivity index (χ4v) is 2.95. The number of hydrogen-bond donors (Lipinski definition) is 1. The minimum absolute atomic E-state index is 0.117. The highest BCUT2D eigenvalue weighted by molar-refractivity contribution is 6.31. The number of fused-ring (bicyclic) bond motifs is 1. The molecule has 116 valence electrons. The summed E-state index contributed by atoms with van der Waals surface area (Å²) < 4.78 is 3.93. The maximum Gasteiger partial charge on any atom is 0.126 e. The second kappa shape index (κ2) is 5.74. The molecule has 3 rings (SSSR count). The van der Waals surface area contributed by atoms with Gasteiger partial charge < -0.3 is 9.88 Å². The number of aryl methyl sites for hydroxylation is 2. The SMILES string of the molecule is C[C@@H](N[C@H](C)c1nc2cc(Cl)ccc2n1C)c1cnn(C)c1. The molecule has 0 radical (unpaired) electrons. The van der Waals surface area contributed by atoms with Crippen LogP contribution in [0.25, 0.3) is 11.0 Å². The van der Waals surface area contributed by atoms with Gasteiger partial charge in [-0.1, -0.05) is 11.6 Å². The summed E-state index contributed by atoms with van der Waals surface area (Å²) >= 11 is 6.05. The minimum Gasteiger partial charge on any atom is -0.330 e. The van der Waals surface area contributed by atoms with Gasteiger partial charge in [-0.2, -0.15) is 5.10 Å². The number of rotatable bonds is 4. The van der Waals surface area contributed by atoms with Crippen molar-refractivity contribution in [2.75, 3.05) is 0 Å². The van der Waals surface area contributed by atoms with E-state index in [9.17, 15) is 0 Å². The third-order valence-corrected chi connectivity index (χ3v) is 4.22. The molecule has 1 N–H and O–H groups in total. The molecule has 1 aromatic carbocycles. The lowest BCUT2D eigenvalue weighted by Gasteiger charge is -2.19. The maximum absolute atomic E-state index is 6.05. The first-order valence-electron chi connectivity index (χ1n) is 7.32. The largest absolute Gasteiger partial charge is 0.330 e. The van der Waals surface area contributed by atoms with Crippen LogP contribution in [0, 0.1) is 0 Å². The Morgan fingerprint density at radius 1 is 1.18 bits per heavy atom. The van der Waals surface area contributed by atoms with Gasteiger partial charge in [-0.25, -0.2) is 4.98 Å². The van der Waals surface area contributed by atoms with Gasteiger partial charge in [0, 0.05) is 36.9 Å². The van der Waals surface area contributed by atoms with Gasteiger partial charge >= 0.3 is 0 Å². The Morgan fingerprint density at radius 3 is 2.64 bits per heavy atom. The summed E-state index contributed by atoms with van der Waals surface area (Å²) in [4.78, 5) is 4.72. The highest BCUT2D eigenvalue weighted by Crippen LogP contribution is 2.24. The molecule has 0 aliphatic rings.